The summed E-state index contributed by atoms with van der Waals surface area (Å²) in [7, 11) is 0. The molecule has 0 atom stereocenters. The van der Waals surface area contributed by atoms with Gasteiger partial charge in [-0.05, 0) is 0 Å². The molecule has 0 aromatic heterocycles. The van der Waals surface area contributed by atoms with Crippen molar-refractivity contribution in [2.75, 3.05) is 0 Å². The molecule has 0 unspecified atom stereocenters. The van der Waals surface area contributed by atoms with Crippen molar-refractivity contribution in [3.63, 3.8) is 0 Å². The molecule has 0 N–H and O–H groups in total. The molecule has 0 fully saturated rings. The number of nitrogens with zero attached hydrogens (tertiary/aromatic N) is 1. The molecule has 4 heteroatoms. The van der Waals surface area contributed by atoms with E-state index in [0.717, 1.165) is 0 Å². The molecule has 0 amide bonds. The summed E-state index contributed by atoms with van der Waals surface area (Å²) < 4.78 is 0. The van der Waals surface area contributed by atoms with Crippen molar-refractivity contribution in [2.45, 2.75) is 26.3 Å². The fourth-order valence-electron chi connectivity index (χ4n) is 0. The van der Waals surface area contributed by atoms with Crippen molar-refractivity contribution in [1.82, 2.24) is 0 Å². The second-order valence-corrected chi connectivity index (χ2v) is 2.43. The molecular weight excluding hydrogens is 117 g/mol. The summed E-state index contributed by atoms with van der Waals surface area (Å²) in [5.74, 6) is 0. The van der Waals surface area contributed by atoms with Gasteiger partial charge in [0.2, 0.25) is 5.54 Å². The Bertz CT molecular complexity index is 91.1. The molecule has 0 bridgehead atoms. The molecule has 0 saturated heterocycles. The Kier molecular flexibility index (Phi) is 4.82. The average Bonchev–Trinajstić information content (AvgIpc) is 1.31. The Morgan fingerprint density at radius 2 is 1.62 bits per heavy atom. The molecule has 0 saturated carbocycles. The van der Waals surface area contributed by atoms with Crippen molar-refractivity contribution < 1.29 is 35.9 Å². The minimum atomic E-state index is -0.778. The number of nitro groups is 1. The minimum absolute atomic E-state index is 0. The van der Waals surface area contributed by atoms with Gasteiger partial charge >= 0.3 is 29.6 Å². The second-order valence-electron chi connectivity index (χ2n) is 2.43. The molecule has 0 spiro atoms. The van der Waals surface area contributed by atoms with Gasteiger partial charge in [-0.15, -0.1) is 0 Å². The van der Waals surface area contributed by atoms with Gasteiger partial charge in [-0.3, -0.25) is 10.1 Å². The van der Waals surface area contributed by atoms with Crippen molar-refractivity contribution in [3.8, 4) is 0 Å². The van der Waals surface area contributed by atoms with Gasteiger partial charge in [0.05, 0.1) is 0 Å². The van der Waals surface area contributed by atoms with E-state index in [1.54, 1.807) is 20.8 Å². The Hall–Kier alpha value is 0.400. The van der Waals surface area contributed by atoms with Crippen molar-refractivity contribution in [2.24, 2.45) is 0 Å². The van der Waals surface area contributed by atoms with Gasteiger partial charge in [0.25, 0.3) is 0 Å². The zero-order valence-electron chi connectivity index (χ0n) is 6.76. The standard InChI is InChI=1S/C4H9NO2.Na.H/c1-4(2,3)5(6)7;;/h1-3H3;;/q;+1;-1. The van der Waals surface area contributed by atoms with Crippen LogP contribution in [0.1, 0.15) is 22.2 Å². The van der Waals surface area contributed by atoms with E-state index in [1.165, 1.54) is 0 Å². The Labute approximate surface area is 72.4 Å². The fraction of sp³-hybridized carbons (Fsp3) is 1.00. The average molecular weight is 127 g/mol. The van der Waals surface area contributed by atoms with Crippen LogP contribution in [-0.2, 0) is 0 Å². The van der Waals surface area contributed by atoms with Gasteiger partial charge in [-0.2, -0.15) is 0 Å². The fourth-order valence-corrected chi connectivity index (χ4v) is 0. The summed E-state index contributed by atoms with van der Waals surface area (Å²) in [4.78, 5) is 9.51. The van der Waals surface area contributed by atoms with E-state index in [-0.39, 0.29) is 35.9 Å². The van der Waals surface area contributed by atoms with Crippen molar-refractivity contribution in [3.05, 3.63) is 10.1 Å². The van der Waals surface area contributed by atoms with Gasteiger partial charge in [0.15, 0.2) is 0 Å². The van der Waals surface area contributed by atoms with Crippen LogP contribution < -0.4 is 29.6 Å². The first-order valence-corrected chi connectivity index (χ1v) is 2.09. The van der Waals surface area contributed by atoms with Crippen LogP contribution in [0.15, 0.2) is 0 Å². The third kappa shape index (κ3) is 4.56. The van der Waals surface area contributed by atoms with Crippen LogP contribution in [0.25, 0.3) is 0 Å². The van der Waals surface area contributed by atoms with E-state index in [9.17, 15) is 10.1 Å². The van der Waals surface area contributed by atoms with E-state index >= 15 is 0 Å². The largest absolute Gasteiger partial charge is 1.00 e. The molecule has 44 valence electrons. The Balaban J connectivity index is -0.000000180. The SMILES string of the molecule is CC(C)(C)[N+](=O)[O-].[H-].[Na+]. The maximum Gasteiger partial charge on any atom is 1.00 e. The molecular formula is C4H10NNaO2. The third-order valence-electron chi connectivity index (χ3n) is 0.548. The van der Waals surface area contributed by atoms with Gasteiger partial charge in [0.1, 0.15) is 0 Å². The molecule has 0 aliphatic heterocycles. The van der Waals surface area contributed by atoms with E-state index in [0.29, 0.717) is 0 Å². The zero-order valence-corrected chi connectivity index (χ0v) is 7.76. The molecule has 0 radical (unpaired) electrons. The van der Waals surface area contributed by atoms with Crippen molar-refractivity contribution in [1.29, 1.82) is 0 Å². The van der Waals surface area contributed by atoms with Gasteiger partial charge < -0.3 is 1.43 Å². The van der Waals surface area contributed by atoms with Crippen LogP contribution in [0.4, 0.5) is 0 Å². The zero-order chi connectivity index (χ0) is 6.08. The van der Waals surface area contributed by atoms with Crippen molar-refractivity contribution >= 4 is 0 Å². The summed E-state index contributed by atoms with van der Waals surface area (Å²) in [6, 6.07) is 0. The number of hydrogen-bond acceptors (Lipinski definition) is 2. The first-order valence-electron chi connectivity index (χ1n) is 2.09. The summed E-state index contributed by atoms with van der Waals surface area (Å²) in [5.41, 5.74) is -0.778. The molecule has 0 rings (SSSR count). The maximum atomic E-state index is 9.83. The molecule has 0 aromatic rings. The summed E-state index contributed by atoms with van der Waals surface area (Å²) in [6.07, 6.45) is 0. The molecule has 0 aliphatic rings. The molecule has 0 aromatic carbocycles. The van der Waals surface area contributed by atoms with Crippen LogP contribution in [0.5, 0.6) is 0 Å². The Morgan fingerprint density at radius 1 is 1.50 bits per heavy atom. The van der Waals surface area contributed by atoms with Gasteiger partial charge in [-0.1, -0.05) is 0 Å². The van der Waals surface area contributed by atoms with E-state index in [2.05, 4.69) is 0 Å². The molecule has 3 nitrogen and oxygen atoms in total. The summed E-state index contributed by atoms with van der Waals surface area (Å²) >= 11 is 0. The summed E-state index contributed by atoms with van der Waals surface area (Å²) in [5, 5.41) is 9.83. The first-order chi connectivity index (χ1) is 2.94. The van der Waals surface area contributed by atoms with Gasteiger partial charge in [0, 0.05) is 25.7 Å². The smallest absolute Gasteiger partial charge is 1.00 e. The first kappa shape index (κ1) is 11.2. The predicted molar refractivity (Wildman–Crippen MR) is 27.9 cm³/mol. The third-order valence-corrected chi connectivity index (χ3v) is 0.548. The second kappa shape index (κ2) is 3.43. The predicted octanol–water partition coefficient (Wildman–Crippen LogP) is -1.82. The molecule has 0 heterocycles. The van der Waals surface area contributed by atoms with E-state index in [4.69, 9.17) is 0 Å². The van der Waals surface area contributed by atoms with Crippen LogP contribution in [-0.4, -0.2) is 10.5 Å². The van der Waals surface area contributed by atoms with E-state index < -0.39 is 5.54 Å². The molecule has 0 aliphatic carbocycles. The summed E-state index contributed by atoms with van der Waals surface area (Å²) in [6.45, 7) is 4.69. The van der Waals surface area contributed by atoms with Crippen LogP contribution in [0, 0.1) is 10.1 Å². The maximum absolute atomic E-state index is 9.83. The Morgan fingerprint density at radius 3 is 1.62 bits per heavy atom. The quantitative estimate of drug-likeness (QED) is 0.218. The van der Waals surface area contributed by atoms with Crippen LogP contribution >= 0.6 is 0 Å². The van der Waals surface area contributed by atoms with Crippen LogP contribution in [0.2, 0.25) is 0 Å². The van der Waals surface area contributed by atoms with E-state index in [1.807, 2.05) is 0 Å². The van der Waals surface area contributed by atoms with Gasteiger partial charge in [-0.25, -0.2) is 0 Å². The topological polar surface area (TPSA) is 43.1 Å². The molecule has 8 heavy (non-hydrogen) atoms. The monoisotopic (exact) mass is 127 g/mol. The minimum Gasteiger partial charge on any atom is -1.00 e. The number of rotatable bonds is 0. The number of hydrogen-bond donors (Lipinski definition) is 0. The normalized spacial score (nSPS) is 9.88. The van der Waals surface area contributed by atoms with Crippen LogP contribution in [0.3, 0.4) is 0 Å².